The Kier molecular flexibility index (Phi) is 4.02. The summed E-state index contributed by atoms with van der Waals surface area (Å²) in [6, 6.07) is 12.6. The predicted molar refractivity (Wildman–Crippen MR) is 76.4 cm³/mol. The first-order valence-corrected chi connectivity index (χ1v) is 6.52. The first-order valence-electron chi connectivity index (χ1n) is 5.73. The summed E-state index contributed by atoms with van der Waals surface area (Å²) in [6.45, 7) is 3.03. The standard InChI is InChI=1S/C14H16BrNO/c1-10(9-17)8-16-14-5-3-11-6-13(15)4-2-12(11)7-14/h2-7,10,16-17H,8-9H2,1H3. The monoisotopic (exact) mass is 293 g/mol. The molecule has 2 aromatic carbocycles. The van der Waals surface area contributed by atoms with Gasteiger partial charge in [-0.1, -0.05) is 35.0 Å². The smallest absolute Gasteiger partial charge is 0.0473 e. The van der Waals surface area contributed by atoms with Crippen LogP contribution in [0.5, 0.6) is 0 Å². The van der Waals surface area contributed by atoms with Crippen molar-refractivity contribution in [3.63, 3.8) is 0 Å². The van der Waals surface area contributed by atoms with E-state index in [4.69, 9.17) is 5.11 Å². The molecule has 0 radical (unpaired) electrons. The maximum atomic E-state index is 8.97. The minimum Gasteiger partial charge on any atom is -0.396 e. The lowest BCUT2D eigenvalue weighted by molar-refractivity contribution is 0.244. The Bertz CT molecular complexity index is 513. The highest BCUT2D eigenvalue weighted by Crippen LogP contribution is 2.23. The van der Waals surface area contributed by atoms with E-state index in [-0.39, 0.29) is 12.5 Å². The normalized spacial score (nSPS) is 12.6. The molecule has 0 heterocycles. The minimum absolute atomic E-state index is 0.216. The molecule has 0 fully saturated rings. The Morgan fingerprint density at radius 3 is 2.65 bits per heavy atom. The van der Waals surface area contributed by atoms with Gasteiger partial charge in [0.05, 0.1) is 0 Å². The van der Waals surface area contributed by atoms with Gasteiger partial charge in [0.25, 0.3) is 0 Å². The van der Waals surface area contributed by atoms with Crippen molar-refractivity contribution < 1.29 is 5.11 Å². The number of anilines is 1. The molecule has 3 heteroatoms. The van der Waals surface area contributed by atoms with Crippen LogP contribution in [0.15, 0.2) is 40.9 Å². The molecule has 0 saturated carbocycles. The van der Waals surface area contributed by atoms with Gasteiger partial charge in [0, 0.05) is 23.3 Å². The van der Waals surface area contributed by atoms with Gasteiger partial charge in [-0.2, -0.15) is 0 Å². The van der Waals surface area contributed by atoms with Crippen molar-refractivity contribution in [1.82, 2.24) is 0 Å². The molecular weight excluding hydrogens is 278 g/mol. The van der Waals surface area contributed by atoms with E-state index in [1.807, 2.05) is 13.0 Å². The molecule has 90 valence electrons. The van der Waals surface area contributed by atoms with E-state index in [2.05, 4.69) is 51.6 Å². The number of halogens is 1. The highest BCUT2D eigenvalue weighted by Gasteiger charge is 2.01. The maximum absolute atomic E-state index is 8.97. The van der Waals surface area contributed by atoms with Gasteiger partial charge in [0.15, 0.2) is 0 Å². The highest BCUT2D eigenvalue weighted by atomic mass is 79.9. The van der Waals surface area contributed by atoms with E-state index in [1.165, 1.54) is 10.8 Å². The third kappa shape index (κ3) is 3.20. The lowest BCUT2D eigenvalue weighted by Gasteiger charge is -2.11. The summed E-state index contributed by atoms with van der Waals surface area (Å²) in [6.07, 6.45) is 0. The second-order valence-electron chi connectivity index (χ2n) is 4.37. The van der Waals surface area contributed by atoms with Crippen molar-refractivity contribution in [1.29, 1.82) is 0 Å². The second kappa shape index (κ2) is 5.52. The summed E-state index contributed by atoms with van der Waals surface area (Å²) in [7, 11) is 0. The average Bonchev–Trinajstić information content (AvgIpc) is 2.35. The largest absolute Gasteiger partial charge is 0.396 e. The Morgan fingerprint density at radius 2 is 1.88 bits per heavy atom. The number of aliphatic hydroxyl groups excluding tert-OH is 1. The zero-order valence-corrected chi connectivity index (χ0v) is 11.4. The van der Waals surface area contributed by atoms with Crippen LogP contribution < -0.4 is 5.32 Å². The number of aliphatic hydroxyl groups is 1. The van der Waals surface area contributed by atoms with Gasteiger partial charge >= 0.3 is 0 Å². The quantitative estimate of drug-likeness (QED) is 0.902. The summed E-state index contributed by atoms with van der Waals surface area (Å²) in [5, 5.41) is 14.7. The second-order valence-corrected chi connectivity index (χ2v) is 5.29. The van der Waals surface area contributed by atoms with E-state index in [0.29, 0.717) is 0 Å². The summed E-state index contributed by atoms with van der Waals surface area (Å²) in [5.41, 5.74) is 1.10. The molecule has 2 N–H and O–H groups in total. The van der Waals surface area contributed by atoms with Crippen molar-refractivity contribution >= 4 is 32.4 Å². The zero-order valence-electron chi connectivity index (χ0n) is 9.78. The molecule has 1 unspecified atom stereocenters. The first-order chi connectivity index (χ1) is 8.19. The van der Waals surface area contributed by atoms with Gasteiger partial charge in [0.1, 0.15) is 0 Å². The predicted octanol–water partition coefficient (Wildman–Crippen LogP) is 3.64. The van der Waals surface area contributed by atoms with Crippen LogP contribution in [0, 0.1) is 5.92 Å². The molecule has 0 aromatic heterocycles. The van der Waals surface area contributed by atoms with Crippen LogP contribution in [-0.2, 0) is 0 Å². The van der Waals surface area contributed by atoms with Gasteiger partial charge in [-0.15, -0.1) is 0 Å². The topological polar surface area (TPSA) is 32.3 Å². The summed E-state index contributed by atoms with van der Waals surface area (Å²) >= 11 is 3.47. The fourth-order valence-electron chi connectivity index (χ4n) is 1.68. The van der Waals surface area contributed by atoms with Crippen molar-refractivity contribution in [3.8, 4) is 0 Å². The molecule has 0 aliphatic carbocycles. The van der Waals surface area contributed by atoms with Gasteiger partial charge in [-0.05, 0) is 41.0 Å². The Balaban J connectivity index is 2.17. The van der Waals surface area contributed by atoms with Crippen LogP contribution in [-0.4, -0.2) is 18.3 Å². The number of rotatable bonds is 4. The number of fused-ring (bicyclic) bond motifs is 1. The molecule has 0 aliphatic heterocycles. The SMILES string of the molecule is CC(CO)CNc1ccc2cc(Br)ccc2c1. The molecule has 2 nitrogen and oxygen atoms in total. The van der Waals surface area contributed by atoms with E-state index >= 15 is 0 Å². The van der Waals surface area contributed by atoms with E-state index in [1.54, 1.807) is 0 Å². The Hall–Kier alpha value is -1.06. The Morgan fingerprint density at radius 1 is 1.18 bits per heavy atom. The summed E-state index contributed by atoms with van der Waals surface area (Å²) in [4.78, 5) is 0. The van der Waals surface area contributed by atoms with Crippen LogP contribution in [0.1, 0.15) is 6.92 Å². The van der Waals surface area contributed by atoms with E-state index in [0.717, 1.165) is 16.7 Å². The maximum Gasteiger partial charge on any atom is 0.0473 e. The highest BCUT2D eigenvalue weighted by molar-refractivity contribution is 9.10. The molecule has 17 heavy (non-hydrogen) atoms. The molecule has 0 aliphatic rings. The lowest BCUT2D eigenvalue weighted by atomic mass is 10.1. The van der Waals surface area contributed by atoms with Crippen LogP contribution >= 0.6 is 15.9 Å². The summed E-state index contributed by atoms with van der Waals surface area (Å²) < 4.78 is 1.10. The molecule has 0 saturated heterocycles. The Labute approximate surface area is 110 Å². The average molecular weight is 294 g/mol. The number of nitrogens with one attached hydrogen (secondary N) is 1. The van der Waals surface area contributed by atoms with E-state index in [9.17, 15) is 0 Å². The molecule has 0 bridgehead atoms. The third-order valence-electron chi connectivity index (χ3n) is 2.77. The van der Waals surface area contributed by atoms with Crippen LogP contribution in [0.25, 0.3) is 10.8 Å². The van der Waals surface area contributed by atoms with Crippen LogP contribution in [0.2, 0.25) is 0 Å². The molecule has 2 aromatic rings. The van der Waals surface area contributed by atoms with Crippen LogP contribution in [0.4, 0.5) is 5.69 Å². The number of hydrogen-bond acceptors (Lipinski definition) is 2. The van der Waals surface area contributed by atoms with Gasteiger partial charge in [-0.25, -0.2) is 0 Å². The number of benzene rings is 2. The lowest BCUT2D eigenvalue weighted by Crippen LogP contribution is -2.14. The van der Waals surface area contributed by atoms with Crippen molar-refractivity contribution in [2.24, 2.45) is 5.92 Å². The molecular formula is C14H16BrNO. The summed E-state index contributed by atoms with van der Waals surface area (Å²) in [5.74, 6) is 0.274. The number of hydrogen-bond donors (Lipinski definition) is 2. The van der Waals surface area contributed by atoms with Crippen molar-refractivity contribution in [2.75, 3.05) is 18.5 Å². The molecule has 0 amide bonds. The minimum atomic E-state index is 0.216. The van der Waals surface area contributed by atoms with E-state index < -0.39 is 0 Å². The fourth-order valence-corrected chi connectivity index (χ4v) is 2.06. The van der Waals surface area contributed by atoms with Crippen LogP contribution in [0.3, 0.4) is 0 Å². The third-order valence-corrected chi connectivity index (χ3v) is 3.26. The van der Waals surface area contributed by atoms with Crippen molar-refractivity contribution in [2.45, 2.75) is 6.92 Å². The van der Waals surface area contributed by atoms with Gasteiger partial charge < -0.3 is 10.4 Å². The van der Waals surface area contributed by atoms with Gasteiger partial charge in [-0.3, -0.25) is 0 Å². The zero-order chi connectivity index (χ0) is 12.3. The molecule has 2 rings (SSSR count). The molecule has 1 atom stereocenters. The fraction of sp³-hybridized carbons (Fsp3) is 0.286. The van der Waals surface area contributed by atoms with Gasteiger partial charge in [0.2, 0.25) is 0 Å². The van der Waals surface area contributed by atoms with Crippen molar-refractivity contribution in [3.05, 3.63) is 40.9 Å². The first kappa shape index (κ1) is 12.4. The molecule has 0 spiro atoms.